The Morgan fingerprint density at radius 2 is 2.25 bits per heavy atom. The lowest BCUT2D eigenvalue weighted by atomic mass is 9.85. The van der Waals surface area contributed by atoms with Crippen LogP contribution in [-0.4, -0.2) is 23.3 Å². The Hall–Kier alpha value is -0.0800. The summed E-state index contributed by atoms with van der Waals surface area (Å²) in [5.41, 5.74) is 0.535. The van der Waals surface area contributed by atoms with Crippen molar-refractivity contribution in [2.75, 3.05) is 6.61 Å². The van der Waals surface area contributed by atoms with Gasteiger partial charge in [-0.2, -0.15) is 0 Å². The molecule has 0 amide bonds. The van der Waals surface area contributed by atoms with Crippen LogP contribution in [0.15, 0.2) is 0 Å². The molecule has 0 spiro atoms. The molecule has 2 nitrogen and oxygen atoms in total. The van der Waals surface area contributed by atoms with Crippen molar-refractivity contribution in [1.82, 2.24) is 5.32 Å². The molecule has 0 radical (unpaired) electrons. The van der Waals surface area contributed by atoms with Gasteiger partial charge in [-0.25, -0.2) is 0 Å². The molecule has 0 aromatic rings. The van der Waals surface area contributed by atoms with E-state index < -0.39 is 0 Å². The fourth-order valence-corrected chi connectivity index (χ4v) is 2.61. The maximum absolute atomic E-state index is 8.67. The van der Waals surface area contributed by atoms with Gasteiger partial charge >= 0.3 is 0 Å². The van der Waals surface area contributed by atoms with E-state index in [4.69, 9.17) is 5.11 Å². The van der Waals surface area contributed by atoms with Crippen LogP contribution in [0.25, 0.3) is 0 Å². The molecule has 1 aliphatic carbocycles. The lowest BCUT2D eigenvalue weighted by molar-refractivity contribution is 0.277. The van der Waals surface area contributed by atoms with Crippen molar-refractivity contribution in [3.8, 4) is 0 Å². The Balaban J connectivity index is 1.73. The third kappa shape index (κ3) is 1.50. The van der Waals surface area contributed by atoms with E-state index in [9.17, 15) is 0 Å². The topological polar surface area (TPSA) is 42.2 Å². The van der Waals surface area contributed by atoms with Crippen molar-refractivity contribution >= 4 is 0 Å². The van der Waals surface area contributed by atoms with Crippen molar-refractivity contribution in [2.45, 2.75) is 56.5 Å². The number of nitrogens with one attached hydrogen (secondary N) is 1. The molecule has 70 valence electrons. The molecule has 2 unspecified atom stereocenters. The average molecular weight is 169 g/mol. The highest BCUT2D eigenvalue weighted by Gasteiger charge is 2.53. The first-order valence-corrected chi connectivity index (χ1v) is 5.26. The van der Waals surface area contributed by atoms with E-state index in [2.05, 4.69) is 5.32 Å². The molecular weight excluding hydrogens is 150 g/mol. The van der Waals surface area contributed by atoms with Gasteiger partial charge in [-0.05, 0) is 32.1 Å². The van der Waals surface area contributed by atoms with E-state index in [1.165, 1.54) is 38.5 Å². The minimum absolute atomic E-state index is 0.362. The number of rotatable bonds is 4. The highest BCUT2D eigenvalue weighted by molar-refractivity contribution is 5.15. The number of aliphatic hydroxyl groups excluding tert-OH is 1. The van der Waals surface area contributed by atoms with E-state index >= 15 is 0 Å². The van der Waals surface area contributed by atoms with Gasteiger partial charge in [0, 0.05) is 18.2 Å². The quantitative estimate of drug-likeness (QED) is 0.494. The zero-order valence-electron chi connectivity index (χ0n) is 7.68. The summed E-state index contributed by atoms with van der Waals surface area (Å²) in [6.07, 6.45) is 9.05. The standard InChI is InChI=1S/C10H19NO/c12-8-4-3-7-10-6-2-1-5-9(10)11-10/h9,11-12H,1-8H2. The van der Waals surface area contributed by atoms with Crippen LogP contribution in [0, 0.1) is 0 Å². The third-order valence-electron chi connectivity index (χ3n) is 3.44. The van der Waals surface area contributed by atoms with E-state index in [1.807, 2.05) is 0 Å². The molecule has 1 saturated carbocycles. The Labute approximate surface area is 74.4 Å². The van der Waals surface area contributed by atoms with E-state index in [0.717, 1.165) is 12.5 Å². The fourth-order valence-electron chi connectivity index (χ4n) is 2.61. The van der Waals surface area contributed by atoms with Crippen molar-refractivity contribution in [3.63, 3.8) is 0 Å². The minimum atomic E-state index is 0.362. The molecule has 12 heavy (non-hydrogen) atoms. The van der Waals surface area contributed by atoms with Crippen molar-refractivity contribution in [3.05, 3.63) is 0 Å². The van der Waals surface area contributed by atoms with Crippen LogP contribution in [0.5, 0.6) is 0 Å². The van der Waals surface area contributed by atoms with Gasteiger partial charge in [-0.1, -0.05) is 12.8 Å². The Morgan fingerprint density at radius 1 is 1.33 bits per heavy atom. The van der Waals surface area contributed by atoms with Gasteiger partial charge in [0.2, 0.25) is 0 Å². The summed E-state index contributed by atoms with van der Waals surface area (Å²) in [6.45, 7) is 0.362. The summed E-state index contributed by atoms with van der Waals surface area (Å²) >= 11 is 0. The fraction of sp³-hybridized carbons (Fsp3) is 1.00. The highest BCUT2D eigenvalue weighted by atomic mass is 16.2. The molecule has 0 aromatic heterocycles. The zero-order chi connectivity index (χ0) is 8.44. The molecule has 2 aliphatic rings. The average Bonchev–Trinajstić information content (AvgIpc) is 2.79. The van der Waals surface area contributed by atoms with Gasteiger partial charge in [0.1, 0.15) is 0 Å². The molecule has 0 bridgehead atoms. The molecule has 1 heterocycles. The normalized spacial score (nSPS) is 39.2. The molecule has 2 atom stereocenters. The van der Waals surface area contributed by atoms with Gasteiger partial charge in [0.05, 0.1) is 0 Å². The second kappa shape index (κ2) is 3.35. The Kier molecular flexibility index (Phi) is 2.37. The lowest BCUT2D eigenvalue weighted by Crippen LogP contribution is -2.20. The van der Waals surface area contributed by atoms with Crippen molar-refractivity contribution in [1.29, 1.82) is 0 Å². The lowest BCUT2D eigenvalue weighted by Gasteiger charge is -2.18. The first-order valence-electron chi connectivity index (χ1n) is 5.26. The molecule has 2 fully saturated rings. The Morgan fingerprint density at radius 3 is 3.00 bits per heavy atom. The number of hydrogen-bond donors (Lipinski definition) is 2. The summed E-state index contributed by atoms with van der Waals surface area (Å²) in [6, 6.07) is 0.838. The maximum atomic E-state index is 8.67. The van der Waals surface area contributed by atoms with E-state index in [-0.39, 0.29) is 0 Å². The summed E-state index contributed by atoms with van der Waals surface area (Å²) in [7, 11) is 0. The van der Waals surface area contributed by atoms with Crippen LogP contribution >= 0.6 is 0 Å². The molecule has 1 saturated heterocycles. The number of fused-ring (bicyclic) bond motifs is 1. The number of aliphatic hydroxyl groups is 1. The van der Waals surface area contributed by atoms with Crippen LogP contribution in [0.1, 0.15) is 44.9 Å². The first-order chi connectivity index (χ1) is 5.87. The van der Waals surface area contributed by atoms with Gasteiger partial charge in [-0.3, -0.25) is 0 Å². The predicted molar refractivity (Wildman–Crippen MR) is 49.1 cm³/mol. The van der Waals surface area contributed by atoms with Crippen molar-refractivity contribution < 1.29 is 5.11 Å². The molecular formula is C10H19NO. The second-order valence-electron chi connectivity index (χ2n) is 4.28. The van der Waals surface area contributed by atoms with Gasteiger partial charge in [0.15, 0.2) is 0 Å². The van der Waals surface area contributed by atoms with Gasteiger partial charge in [0.25, 0.3) is 0 Å². The molecule has 1 aliphatic heterocycles. The monoisotopic (exact) mass is 169 g/mol. The number of unbranched alkanes of at least 4 members (excludes halogenated alkanes) is 1. The van der Waals surface area contributed by atoms with Crippen LogP contribution in [0.3, 0.4) is 0 Å². The number of hydrogen-bond acceptors (Lipinski definition) is 2. The largest absolute Gasteiger partial charge is 0.396 e. The third-order valence-corrected chi connectivity index (χ3v) is 3.44. The SMILES string of the molecule is OCCCCC12CCCCC1N2. The smallest absolute Gasteiger partial charge is 0.0431 e. The van der Waals surface area contributed by atoms with Crippen LogP contribution in [-0.2, 0) is 0 Å². The predicted octanol–water partition coefficient (Wildman–Crippen LogP) is 1.43. The van der Waals surface area contributed by atoms with Crippen LogP contribution in [0.4, 0.5) is 0 Å². The molecule has 2 heteroatoms. The van der Waals surface area contributed by atoms with Gasteiger partial charge in [-0.15, -0.1) is 0 Å². The van der Waals surface area contributed by atoms with Crippen LogP contribution < -0.4 is 5.32 Å². The summed E-state index contributed by atoms with van der Waals surface area (Å²) in [4.78, 5) is 0. The minimum Gasteiger partial charge on any atom is -0.396 e. The maximum Gasteiger partial charge on any atom is 0.0431 e. The molecule has 0 aromatic carbocycles. The van der Waals surface area contributed by atoms with E-state index in [0.29, 0.717) is 12.1 Å². The Bertz CT molecular complexity index is 160. The van der Waals surface area contributed by atoms with Gasteiger partial charge < -0.3 is 10.4 Å². The summed E-state index contributed by atoms with van der Waals surface area (Å²) in [5.74, 6) is 0. The van der Waals surface area contributed by atoms with Crippen molar-refractivity contribution in [2.24, 2.45) is 0 Å². The zero-order valence-corrected chi connectivity index (χ0v) is 7.68. The molecule has 2 N–H and O–H groups in total. The second-order valence-corrected chi connectivity index (χ2v) is 4.28. The summed E-state index contributed by atoms with van der Waals surface area (Å²) < 4.78 is 0. The van der Waals surface area contributed by atoms with E-state index in [1.54, 1.807) is 0 Å². The first kappa shape index (κ1) is 8.52. The van der Waals surface area contributed by atoms with Crippen LogP contribution in [0.2, 0.25) is 0 Å². The summed E-state index contributed by atoms with van der Waals surface area (Å²) in [5, 5.41) is 12.3. The highest BCUT2D eigenvalue weighted by Crippen LogP contribution is 2.43. The molecule has 2 rings (SSSR count).